The summed E-state index contributed by atoms with van der Waals surface area (Å²) in [7, 11) is 3.88. The SMILES string of the molecule is CN(C)[C@H]1C[C@@]23CC[C@]4(O2)C2CC=C(c5ccc6ncoc6c5)[C@@]2(C)CCC4(C#N)C=C3[C@@H](O)[C@@H]1O. The predicted octanol–water partition coefficient (Wildman–Crippen LogP) is 3.82. The van der Waals surface area contributed by atoms with Crippen LogP contribution < -0.4 is 0 Å². The normalized spacial score (nSPS) is 45.0. The van der Waals surface area contributed by atoms with Crippen LogP contribution in [0.2, 0.25) is 0 Å². The first-order chi connectivity index (χ1) is 17.2. The third-order valence-electron chi connectivity index (χ3n) is 10.6. The number of aliphatic hydroxyl groups excluding tert-OH is 2. The number of aliphatic hydroxyl groups is 2. The molecule has 2 saturated carbocycles. The van der Waals surface area contributed by atoms with Gasteiger partial charge in [0.2, 0.25) is 0 Å². The smallest absolute Gasteiger partial charge is 0.181 e. The van der Waals surface area contributed by atoms with Crippen molar-refractivity contribution in [2.75, 3.05) is 14.1 Å². The number of allylic oxidation sites excluding steroid dienone is 2. The molecule has 1 aromatic heterocycles. The molecule has 188 valence electrons. The second-order valence-corrected chi connectivity index (χ2v) is 12.2. The molecule has 3 aliphatic carbocycles. The van der Waals surface area contributed by atoms with Gasteiger partial charge in [0.15, 0.2) is 12.0 Å². The summed E-state index contributed by atoms with van der Waals surface area (Å²) in [4.78, 5) is 6.25. The first kappa shape index (κ1) is 22.7. The van der Waals surface area contributed by atoms with Crippen LogP contribution in [0.5, 0.6) is 0 Å². The number of fused-ring (bicyclic) bond motifs is 2. The molecule has 0 radical (unpaired) electrons. The third-order valence-corrected chi connectivity index (χ3v) is 10.6. The summed E-state index contributed by atoms with van der Waals surface area (Å²) in [5, 5.41) is 32.9. The Labute approximate surface area is 211 Å². The molecule has 7 heteroatoms. The van der Waals surface area contributed by atoms with Gasteiger partial charge in [-0.1, -0.05) is 25.1 Å². The van der Waals surface area contributed by atoms with Crippen LogP contribution >= 0.6 is 0 Å². The zero-order valence-electron chi connectivity index (χ0n) is 21.1. The van der Waals surface area contributed by atoms with E-state index >= 15 is 0 Å². The van der Waals surface area contributed by atoms with Crippen molar-refractivity contribution >= 4 is 16.7 Å². The average Bonchev–Trinajstić information content (AvgIpc) is 3.56. The highest BCUT2D eigenvalue weighted by atomic mass is 16.5. The number of rotatable bonds is 2. The lowest BCUT2D eigenvalue weighted by Crippen LogP contribution is -2.66. The third kappa shape index (κ3) is 2.54. The Balaban J connectivity index is 1.33. The molecule has 2 unspecified atom stereocenters. The zero-order chi connectivity index (χ0) is 25.1. The van der Waals surface area contributed by atoms with Crippen molar-refractivity contribution in [1.29, 1.82) is 5.26 Å². The van der Waals surface area contributed by atoms with E-state index in [4.69, 9.17) is 9.15 Å². The lowest BCUT2D eigenvalue weighted by atomic mass is 9.49. The molecule has 3 heterocycles. The molecule has 0 amide bonds. The molecular formula is C29H33N3O4. The minimum atomic E-state index is -1.02. The van der Waals surface area contributed by atoms with E-state index in [1.807, 2.05) is 31.1 Å². The molecule has 7 rings (SSSR count). The Morgan fingerprint density at radius 3 is 2.78 bits per heavy atom. The quantitative estimate of drug-likeness (QED) is 0.621. The number of nitrogens with zero attached hydrogens (tertiary/aromatic N) is 3. The van der Waals surface area contributed by atoms with Gasteiger partial charge >= 0.3 is 0 Å². The van der Waals surface area contributed by atoms with Crippen molar-refractivity contribution < 1.29 is 19.4 Å². The van der Waals surface area contributed by atoms with Gasteiger partial charge in [-0.05, 0) is 86.9 Å². The highest BCUT2D eigenvalue weighted by Crippen LogP contribution is 2.72. The van der Waals surface area contributed by atoms with Gasteiger partial charge in [-0.2, -0.15) is 5.26 Å². The Kier molecular flexibility index (Phi) is 4.46. The van der Waals surface area contributed by atoms with Crippen LogP contribution in [-0.2, 0) is 4.74 Å². The van der Waals surface area contributed by atoms with E-state index in [2.05, 4.69) is 36.2 Å². The van der Waals surface area contributed by atoms with Gasteiger partial charge in [0, 0.05) is 12.0 Å². The van der Waals surface area contributed by atoms with E-state index in [-0.39, 0.29) is 17.4 Å². The largest absolute Gasteiger partial charge is 0.443 e. The fraction of sp³-hybridized carbons (Fsp3) is 0.586. The van der Waals surface area contributed by atoms with E-state index in [0.717, 1.165) is 47.9 Å². The molecule has 3 fully saturated rings. The molecule has 2 N–H and O–H groups in total. The molecule has 1 aromatic carbocycles. The van der Waals surface area contributed by atoms with Gasteiger partial charge < -0.3 is 24.3 Å². The second-order valence-electron chi connectivity index (χ2n) is 12.2. The number of nitriles is 1. The number of benzene rings is 1. The summed E-state index contributed by atoms with van der Waals surface area (Å²) < 4.78 is 12.8. The van der Waals surface area contributed by atoms with Crippen LogP contribution in [0.4, 0.5) is 0 Å². The zero-order valence-corrected chi connectivity index (χ0v) is 21.1. The van der Waals surface area contributed by atoms with E-state index < -0.39 is 28.8 Å². The van der Waals surface area contributed by atoms with Crippen LogP contribution in [0.25, 0.3) is 16.7 Å². The van der Waals surface area contributed by atoms with Crippen molar-refractivity contribution in [3.63, 3.8) is 0 Å². The van der Waals surface area contributed by atoms with Crippen LogP contribution in [0.1, 0.15) is 51.0 Å². The van der Waals surface area contributed by atoms with Crippen molar-refractivity contribution in [3.8, 4) is 6.07 Å². The molecule has 8 atom stereocenters. The van der Waals surface area contributed by atoms with E-state index in [1.165, 1.54) is 12.0 Å². The van der Waals surface area contributed by atoms with Crippen LogP contribution in [0, 0.1) is 28.1 Å². The Morgan fingerprint density at radius 2 is 2.00 bits per heavy atom. The van der Waals surface area contributed by atoms with Crippen molar-refractivity contribution in [3.05, 3.63) is 47.9 Å². The molecule has 5 aliphatic rings. The summed E-state index contributed by atoms with van der Waals surface area (Å²) in [6.07, 6.45) is 8.50. The summed E-state index contributed by atoms with van der Waals surface area (Å²) >= 11 is 0. The number of oxazole rings is 1. The molecular weight excluding hydrogens is 454 g/mol. The molecule has 7 nitrogen and oxygen atoms in total. The fourth-order valence-electron chi connectivity index (χ4n) is 8.71. The minimum Gasteiger partial charge on any atom is -0.443 e. The highest BCUT2D eigenvalue weighted by Gasteiger charge is 2.74. The fourth-order valence-corrected chi connectivity index (χ4v) is 8.71. The van der Waals surface area contributed by atoms with Crippen molar-refractivity contribution in [1.82, 2.24) is 9.88 Å². The van der Waals surface area contributed by atoms with Crippen LogP contribution in [0.15, 0.2) is 46.7 Å². The summed E-state index contributed by atoms with van der Waals surface area (Å²) in [5.74, 6) is 0.151. The monoisotopic (exact) mass is 487 g/mol. The highest BCUT2D eigenvalue weighted by molar-refractivity contribution is 5.82. The van der Waals surface area contributed by atoms with Gasteiger partial charge in [0.1, 0.15) is 17.0 Å². The van der Waals surface area contributed by atoms with Gasteiger partial charge in [0.25, 0.3) is 0 Å². The number of hydrogen-bond donors (Lipinski definition) is 2. The Hall–Kier alpha value is -2.50. The maximum atomic E-state index is 11.2. The topological polar surface area (TPSA) is 103 Å². The second kappa shape index (κ2) is 7.08. The number of ether oxygens (including phenoxy) is 1. The number of likely N-dealkylation sites (N-methyl/N-ethyl adjacent to an activating group) is 1. The number of aromatic nitrogens is 1. The van der Waals surface area contributed by atoms with Crippen molar-refractivity contribution in [2.24, 2.45) is 16.7 Å². The molecule has 1 saturated heterocycles. The minimum absolute atomic E-state index is 0.140. The maximum absolute atomic E-state index is 11.2. The average molecular weight is 488 g/mol. The molecule has 36 heavy (non-hydrogen) atoms. The van der Waals surface area contributed by atoms with Gasteiger partial charge in [-0.3, -0.25) is 0 Å². The molecule has 2 spiro atoms. The van der Waals surface area contributed by atoms with Crippen LogP contribution in [0.3, 0.4) is 0 Å². The van der Waals surface area contributed by atoms with Gasteiger partial charge in [0.05, 0.1) is 23.4 Å². The molecule has 2 aliphatic heterocycles. The number of hydrogen-bond acceptors (Lipinski definition) is 7. The van der Waals surface area contributed by atoms with E-state index in [1.54, 1.807) is 0 Å². The Morgan fingerprint density at radius 1 is 1.17 bits per heavy atom. The van der Waals surface area contributed by atoms with E-state index in [9.17, 15) is 15.5 Å². The van der Waals surface area contributed by atoms with Gasteiger partial charge in [-0.15, -0.1) is 0 Å². The summed E-state index contributed by atoms with van der Waals surface area (Å²) in [6.45, 7) is 2.34. The summed E-state index contributed by atoms with van der Waals surface area (Å²) in [5.41, 5.74) is 2.61. The van der Waals surface area contributed by atoms with E-state index in [0.29, 0.717) is 12.8 Å². The molecule has 2 bridgehead atoms. The first-order valence-electron chi connectivity index (χ1n) is 13.1. The Bertz CT molecular complexity index is 1370. The van der Waals surface area contributed by atoms with Crippen molar-refractivity contribution in [2.45, 2.75) is 74.9 Å². The lowest BCUT2D eigenvalue weighted by molar-refractivity contribution is -0.223. The van der Waals surface area contributed by atoms with Crippen LogP contribution in [-0.4, -0.2) is 63.6 Å². The first-order valence-corrected chi connectivity index (χ1v) is 13.1. The summed E-state index contributed by atoms with van der Waals surface area (Å²) in [6, 6.07) is 8.71. The molecule has 2 aromatic rings. The van der Waals surface area contributed by atoms with Gasteiger partial charge in [-0.25, -0.2) is 4.98 Å². The standard InChI is InChI=1S/C29H33N3O4/c1-26-8-9-27(15-30)13-19-24(33)25(34)21(32(2)3)14-28(19)10-11-29(27,36-28)23(26)7-5-18(26)17-4-6-20-22(12-17)35-16-31-20/h4-6,12-13,16,21,23-25,33-34H,7-11,14H2,1-3H3/t21-,23?,24+,25+,26+,27?,28+,29-/m0/s1. The maximum Gasteiger partial charge on any atom is 0.181 e. The lowest BCUT2D eigenvalue weighted by Gasteiger charge is -2.61. The predicted molar refractivity (Wildman–Crippen MR) is 133 cm³/mol.